The SMILES string of the molecule is O[C@H](CN1CCO[C@H]([C@@H]2CCCO2)C1)c1ccc(OC(F)F)cc1. The van der Waals surface area contributed by atoms with Gasteiger partial charge < -0.3 is 19.3 Å². The number of morpholine rings is 1. The van der Waals surface area contributed by atoms with E-state index in [4.69, 9.17) is 9.47 Å². The third-order valence-electron chi connectivity index (χ3n) is 4.48. The molecule has 7 heteroatoms. The highest BCUT2D eigenvalue weighted by Crippen LogP contribution is 2.24. The fourth-order valence-corrected chi connectivity index (χ4v) is 3.24. The lowest BCUT2D eigenvalue weighted by atomic mass is 10.1. The van der Waals surface area contributed by atoms with Crippen LogP contribution in [0.5, 0.6) is 5.75 Å². The first kappa shape index (κ1) is 17.5. The Morgan fingerprint density at radius 2 is 1.92 bits per heavy atom. The maximum absolute atomic E-state index is 12.2. The fraction of sp³-hybridized carbons (Fsp3) is 0.647. The molecule has 24 heavy (non-hydrogen) atoms. The second-order valence-electron chi connectivity index (χ2n) is 6.18. The summed E-state index contributed by atoms with van der Waals surface area (Å²) in [6.07, 6.45) is 1.60. The lowest BCUT2D eigenvalue weighted by Gasteiger charge is -2.36. The Bertz CT molecular complexity index is 508. The van der Waals surface area contributed by atoms with Crippen LogP contribution in [0.4, 0.5) is 8.78 Å². The summed E-state index contributed by atoms with van der Waals surface area (Å²) in [7, 11) is 0. The van der Waals surface area contributed by atoms with Crippen LogP contribution in [-0.2, 0) is 9.47 Å². The monoisotopic (exact) mass is 343 g/mol. The second kappa shape index (κ2) is 8.20. The van der Waals surface area contributed by atoms with E-state index in [9.17, 15) is 13.9 Å². The average Bonchev–Trinajstić information content (AvgIpc) is 3.10. The minimum Gasteiger partial charge on any atom is -0.435 e. The maximum Gasteiger partial charge on any atom is 0.387 e. The van der Waals surface area contributed by atoms with Crippen molar-refractivity contribution in [1.82, 2.24) is 4.90 Å². The first-order valence-corrected chi connectivity index (χ1v) is 8.30. The van der Waals surface area contributed by atoms with Crippen molar-refractivity contribution in [1.29, 1.82) is 0 Å². The molecule has 0 unspecified atom stereocenters. The number of hydrogen-bond donors (Lipinski definition) is 1. The van der Waals surface area contributed by atoms with Gasteiger partial charge in [-0.05, 0) is 30.5 Å². The van der Waals surface area contributed by atoms with Gasteiger partial charge in [-0.15, -0.1) is 0 Å². The van der Waals surface area contributed by atoms with Gasteiger partial charge in [0.15, 0.2) is 0 Å². The van der Waals surface area contributed by atoms with E-state index in [1.807, 2.05) is 0 Å². The van der Waals surface area contributed by atoms with Gasteiger partial charge in [0, 0.05) is 26.2 Å². The van der Waals surface area contributed by atoms with Gasteiger partial charge in [-0.3, -0.25) is 4.90 Å². The molecular weight excluding hydrogens is 320 g/mol. The van der Waals surface area contributed by atoms with Crippen molar-refractivity contribution in [3.8, 4) is 5.75 Å². The highest BCUT2D eigenvalue weighted by Gasteiger charge is 2.31. The number of nitrogens with zero attached hydrogens (tertiary/aromatic N) is 1. The van der Waals surface area contributed by atoms with Gasteiger partial charge in [0.25, 0.3) is 0 Å². The normalized spacial score (nSPS) is 26.7. The molecule has 1 aromatic rings. The topological polar surface area (TPSA) is 51.2 Å². The third kappa shape index (κ3) is 4.63. The van der Waals surface area contributed by atoms with Crippen molar-refractivity contribution in [2.45, 2.75) is 37.8 Å². The van der Waals surface area contributed by atoms with Gasteiger partial charge >= 0.3 is 6.61 Å². The van der Waals surface area contributed by atoms with E-state index in [1.54, 1.807) is 12.1 Å². The van der Waals surface area contributed by atoms with Crippen LogP contribution in [0.3, 0.4) is 0 Å². The van der Waals surface area contributed by atoms with Crippen LogP contribution >= 0.6 is 0 Å². The van der Waals surface area contributed by atoms with Gasteiger partial charge in [0.2, 0.25) is 0 Å². The van der Waals surface area contributed by atoms with E-state index in [1.165, 1.54) is 12.1 Å². The Labute approximate surface area is 140 Å². The number of alkyl halides is 2. The number of β-amino-alcohol motifs (C(OH)–C–C–N with tert-alkyl or cyclic N) is 1. The summed E-state index contributed by atoms with van der Waals surface area (Å²) >= 11 is 0. The molecule has 0 aromatic heterocycles. The Morgan fingerprint density at radius 1 is 1.17 bits per heavy atom. The van der Waals surface area contributed by atoms with Crippen LogP contribution in [-0.4, -0.2) is 61.7 Å². The highest BCUT2D eigenvalue weighted by molar-refractivity contribution is 5.28. The Kier molecular flexibility index (Phi) is 5.99. The molecule has 2 aliphatic heterocycles. The van der Waals surface area contributed by atoms with E-state index >= 15 is 0 Å². The molecule has 5 nitrogen and oxygen atoms in total. The first-order valence-electron chi connectivity index (χ1n) is 8.30. The Hall–Kier alpha value is -1.28. The van der Waals surface area contributed by atoms with Gasteiger partial charge in [-0.25, -0.2) is 0 Å². The number of halogens is 2. The number of benzene rings is 1. The third-order valence-corrected chi connectivity index (χ3v) is 4.48. The smallest absolute Gasteiger partial charge is 0.387 e. The number of hydrogen-bond acceptors (Lipinski definition) is 5. The molecule has 1 aromatic carbocycles. The van der Waals surface area contributed by atoms with E-state index in [0.29, 0.717) is 18.7 Å². The minimum atomic E-state index is -2.84. The van der Waals surface area contributed by atoms with E-state index in [-0.39, 0.29) is 18.0 Å². The zero-order valence-electron chi connectivity index (χ0n) is 13.4. The summed E-state index contributed by atoms with van der Waals surface area (Å²) in [6.45, 7) is 0.533. The van der Waals surface area contributed by atoms with E-state index in [2.05, 4.69) is 9.64 Å². The number of rotatable bonds is 6. The molecule has 0 spiro atoms. The molecule has 3 atom stereocenters. The van der Waals surface area contributed by atoms with Crippen molar-refractivity contribution in [3.63, 3.8) is 0 Å². The lowest BCUT2D eigenvalue weighted by Crippen LogP contribution is -2.48. The fourth-order valence-electron chi connectivity index (χ4n) is 3.24. The van der Waals surface area contributed by atoms with Crippen LogP contribution < -0.4 is 4.74 Å². The van der Waals surface area contributed by atoms with Crippen molar-refractivity contribution < 1.29 is 28.1 Å². The molecule has 3 rings (SSSR count). The van der Waals surface area contributed by atoms with Gasteiger partial charge in [0.05, 0.1) is 24.9 Å². The van der Waals surface area contributed by atoms with Gasteiger partial charge in [-0.1, -0.05) is 12.1 Å². The molecule has 0 amide bonds. The lowest BCUT2D eigenvalue weighted by molar-refractivity contribution is -0.0996. The second-order valence-corrected chi connectivity index (χ2v) is 6.18. The molecule has 134 valence electrons. The molecule has 0 bridgehead atoms. The van der Waals surface area contributed by atoms with Crippen molar-refractivity contribution in [2.75, 3.05) is 32.8 Å². The largest absolute Gasteiger partial charge is 0.435 e. The predicted molar refractivity (Wildman–Crippen MR) is 83.2 cm³/mol. The number of ether oxygens (including phenoxy) is 3. The quantitative estimate of drug-likeness (QED) is 0.858. The predicted octanol–water partition coefficient (Wildman–Crippen LogP) is 2.20. The zero-order valence-corrected chi connectivity index (χ0v) is 13.4. The molecule has 2 saturated heterocycles. The Balaban J connectivity index is 1.52. The van der Waals surface area contributed by atoms with Crippen LogP contribution in [0, 0.1) is 0 Å². The standard InChI is InChI=1S/C17H23F2NO4/c18-17(19)24-13-5-3-12(4-6-13)14(21)10-20-7-9-23-16(11-20)15-2-1-8-22-15/h3-6,14-17,21H,1-2,7-11H2/t14-,15+,16+/m1/s1. The van der Waals surface area contributed by atoms with E-state index in [0.717, 1.165) is 32.5 Å². The van der Waals surface area contributed by atoms with E-state index < -0.39 is 12.7 Å². The van der Waals surface area contributed by atoms with Crippen LogP contribution in [0.25, 0.3) is 0 Å². The van der Waals surface area contributed by atoms with Crippen molar-refractivity contribution in [3.05, 3.63) is 29.8 Å². The van der Waals surface area contributed by atoms with Crippen LogP contribution in [0.15, 0.2) is 24.3 Å². The maximum atomic E-state index is 12.2. The van der Waals surface area contributed by atoms with Crippen molar-refractivity contribution in [2.24, 2.45) is 0 Å². The molecule has 0 saturated carbocycles. The summed E-state index contributed by atoms with van der Waals surface area (Å²) in [4.78, 5) is 2.16. The highest BCUT2D eigenvalue weighted by atomic mass is 19.3. The van der Waals surface area contributed by atoms with Crippen LogP contribution in [0.2, 0.25) is 0 Å². The molecule has 2 aliphatic rings. The van der Waals surface area contributed by atoms with Gasteiger partial charge in [0.1, 0.15) is 5.75 Å². The number of aliphatic hydroxyl groups is 1. The number of aliphatic hydroxyl groups excluding tert-OH is 1. The summed E-state index contributed by atoms with van der Waals surface area (Å²) < 4.78 is 40.1. The minimum absolute atomic E-state index is 0.0512. The average molecular weight is 343 g/mol. The zero-order chi connectivity index (χ0) is 16.9. The Morgan fingerprint density at radius 3 is 2.58 bits per heavy atom. The molecule has 0 radical (unpaired) electrons. The van der Waals surface area contributed by atoms with Crippen LogP contribution in [0.1, 0.15) is 24.5 Å². The summed E-state index contributed by atoms with van der Waals surface area (Å²) in [6, 6.07) is 6.11. The first-order chi connectivity index (χ1) is 11.6. The van der Waals surface area contributed by atoms with Crippen molar-refractivity contribution >= 4 is 0 Å². The summed E-state index contributed by atoms with van der Waals surface area (Å²) in [5, 5.41) is 10.4. The molecule has 1 N–H and O–H groups in total. The molecule has 0 aliphatic carbocycles. The molecule has 2 heterocycles. The van der Waals surface area contributed by atoms with Gasteiger partial charge in [-0.2, -0.15) is 8.78 Å². The molecular formula is C17H23F2NO4. The summed E-state index contributed by atoms with van der Waals surface area (Å²) in [5.74, 6) is 0.0887. The summed E-state index contributed by atoms with van der Waals surface area (Å²) in [5.41, 5.74) is 0.678. The molecule has 2 fully saturated rings.